The van der Waals surface area contributed by atoms with Crippen LogP contribution in [0.4, 0.5) is 5.69 Å². The summed E-state index contributed by atoms with van der Waals surface area (Å²) in [6, 6.07) is 15.4. The highest BCUT2D eigenvalue weighted by molar-refractivity contribution is 5.96. The Kier molecular flexibility index (Phi) is 3.49. The summed E-state index contributed by atoms with van der Waals surface area (Å²) in [5, 5.41) is 0. The molecular weight excluding hydrogens is 304 g/mol. The number of carbonyl (C=O) groups is 1. The number of fused-ring (bicyclic) bond motifs is 2. The minimum Gasteiger partial charge on any atom is -0.408 e. The third kappa shape index (κ3) is 2.33. The Hall–Kier alpha value is -2.82. The molecule has 1 atom stereocenters. The number of para-hydroxylation sites is 3. The van der Waals surface area contributed by atoms with Gasteiger partial charge < -0.3 is 9.32 Å². The Bertz CT molecular complexity index is 970. The standard InChI is InChI=1S/C19H18N2O3/c1-13-12-14-6-2-3-7-15(14)21(13)18(22)10-11-20-16-8-4-5-9-17(16)24-19(20)23/h2-9,13H,10-12H2,1H3/t13-/m0/s1. The fourth-order valence-corrected chi connectivity index (χ4v) is 3.50. The van der Waals surface area contributed by atoms with Gasteiger partial charge in [-0.15, -0.1) is 0 Å². The molecule has 0 aliphatic carbocycles. The molecule has 0 bridgehead atoms. The molecular formula is C19H18N2O3. The fraction of sp³-hybridized carbons (Fsp3) is 0.263. The van der Waals surface area contributed by atoms with E-state index in [0.29, 0.717) is 12.1 Å². The van der Waals surface area contributed by atoms with E-state index in [4.69, 9.17) is 4.42 Å². The van der Waals surface area contributed by atoms with Gasteiger partial charge in [-0.3, -0.25) is 9.36 Å². The molecule has 0 N–H and O–H groups in total. The van der Waals surface area contributed by atoms with Crippen LogP contribution in [0.2, 0.25) is 0 Å². The molecule has 24 heavy (non-hydrogen) atoms. The molecule has 3 aromatic rings. The molecule has 5 nitrogen and oxygen atoms in total. The van der Waals surface area contributed by atoms with Gasteiger partial charge in [0.25, 0.3) is 0 Å². The molecule has 0 radical (unpaired) electrons. The number of hydrogen-bond acceptors (Lipinski definition) is 3. The summed E-state index contributed by atoms with van der Waals surface area (Å²) in [7, 11) is 0. The van der Waals surface area contributed by atoms with Crippen molar-refractivity contribution < 1.29 is 9.21 Å². The van der Waals surface area contributed by atoms with Gasteiger partial charge >= 0.3 is 5.76 Å². The summed E-state index contributed by atoms with van der Waals surface area (Å²) in [5.41, 5.74) is 3.46. The monoisotopic (exact) mass is 322 g/mol. The van der Waals surface area contributed by atoms with E-state index >= 15 is 0 Å². The van der Waals surface area contributed by atoms with Gasteiger partial charge in [-0.25, -0.2) is 4.79 Å². The molecule has 122 valence electrons. The number of nitrogens with zero attached hydrogens (tertiary/aromatic N) is 2. The number of hydrogen-bond donors (Lipinski definition) is 0. The van der Waals surface area contributed by atoms with Crippen molar-refractivity contribution in [1.29, 1.82) is 0 Å². The van der Waals surface area contributed by atoms with Crippen LogP contribution >= 0.6 is 0 Å². The van der Waals surface area contributed by atoms with E-state index in [-0.39, 0.29) is 18.4 Å². The number of anilines is 1. The predicted octanol–water partition coefficient (Wildman–Crippen LogP) is 2.96. The maximum atomic E-state index is 12.7. The lowest BCUT2D eigenvalue weighted by Gasteiger charge is -2.22. The van der Waals surface area contributed by atoms with Gasteiger partial charge in [-0.1, -0.05) is 30.3 Å². The van der Waals surface area contributed by atoms with Crippen LogP contribution in [0.15, 0.2) is 57.7 Å². The van der Waals surface area contributed by atoms with E-state index in [1.165, 1.54) is 10.1 Å². The molecule has 0 saturated heterocycles. The van der Waals surface area contributed by atoms with Gasteiger partial charge in [0.2, 0.25) is 5.91 Å². The van der Waals surface area contributed by atoms with Crippen LogP contribution in [0, 0.1) is 0 Å². The Morgan fingerprint density at radius 1 is 1.17 bits per heavy atom. The van der Waals surface area contributed by atoms with E-state index in [1.54, 1.807) is 6.07 Å². The third-order valence-electron chi connectivity index (χ3n) is 4.60. The van der Waals surface area contributed by atoms with Crippen LogP contribution in [-0.2, 0) is 17.8 Å². The first-order valence-electron chi connectivity index (χ1n) is 8.13. The normalized spacial score (nSPS) is 16.5. The Labute approximate surface area is 139 Å². The zero-order valence-electron chi connectivity index (χ0n) is 13.4. The molecule has 5 heteroatoms. The summed E-state index contributed by atoms with van der Waals surface area (Å²) in [6.07, 6.45) is 1.14. The maximum absolute atomic E-state index is 12.7. The number of aromatic nitrogens is 1. The van der Waals surface area contributed by atoms with Crippen LogP contribution < -0.4 is 10.7 Å². The van der Waals surface area contributed by atoms with Crippen molar-refractivity contribution in [2.75, 3.05) is 4.90 Å². The highest BCUT2D eigenvalue weighted by Gasteiger charge is 2.30. The highest BCUT2D eigenvalue weighted by atomic mass is 16.4. The van der Waals surface area contributed by atoms with Crippen LogP contribution in [0.1, 0.15) is 18.9 Å². The minimum absolute atomic E-state index is 0.0321. The summed E-state index contributed by atoms with van der Waals surface area (Å²) in [4.78, 5) is 26.6. The predicted molar refractivity (Wildman–Crippen MR) is 92.2 cm³/mol. The Balaban J connectivity index is 1.57. The zero-order chi connectivity index (χ0) is 16.7. The molecule has 2 aromatic carbocycles. The van der Waals surface area contributed by atoms with Crippen molar-refractivity contribution in [1.82, 2.24) is 4.57 Å². The maximum Gasteiger partial charge on any atom is 0.419 e. The van der Waals surface area contributed by atoms with Crippen molar-refractivity contribution in [3.05, 3.63) is 64.6 Å². The molecule has 2 heterocycles. The van der Waals surface area contributed by atoms with E-state index < -0.39 is 5.76 Å². The second kappa shape index (κ2) is 5.67. The third-order valence-corrected chi connectivity index (χ3v) is 4.60. The average molecular weight is 322 g/mol. The molecule has 0 unspecified atom stereocenters. The Morgan fingerprint density at radius 2 is 1.92 bits per heavy atom. The molecule has 1 amide bonds. The number of aryl methyl sites for hydroxylation is 1. The number of rotatable bonds is 3. The fourth-order valence-electron chi connectivity index (χ4n) is 3.50. The first-order valence-corrected chi connectivity index (χ1v) is 8.13. The lowest BCUT2D eigenvalue weighted by atomic mass is 10.1. The lowest BCUT2D eigenvalue weighted by molar-refractivity contribution is -0.119. The topological polar surface area (TPSA) is 55.5 Å². The van der Waals surface area contributed by atoms with Crippen molar-refractivity contribution >= 4 is 22.7 Å². The molecule has 0 fully saturated rings. The van der Waals surface area contributed by atoms with Gasteiger partial charge in [0.15, 0.2) is 5.58 Å². The summed E-state index contributed by atoms with van der Waals surface area (Å²) in [5.74, 6) is -0.386. The average Bonchev–Trinajstić information content (AvgIpc) is 3.08. The smallest absolute Gasteiger partial charge is 0.408 e. The van der Waals surface area contributed by atoms with Gasteiger partial charge in [0.1, 0.15) is 0 Å². The van der Waals surface area contributed by atoms with Crippen LogP contribution in [0.25, 0.3) is 11.1 Å². The molecule has 1 aliphatic heterocycles. The largest absolute Gasteiger partial charge is 0.419 e. The molecule has 1 aliphatic rings. The number of carbonyl (C=O) groups excluding carboxylic acids is 1. The summed E-state index contributed by atoms with van der Waals surface area (Å²) in [6.45, 7) is 2.37. The van der Waals surface area contributed by atoms with Crippen molar-refractivity contribution in [2.45, 2.75) is 32.4 Å². The molecule has 0 saturated carbocycles. The van der Waals surface area contributed by atoms with E-state index in [0.717, 1.165) is 17.6 Å². The van der Waals surface area contributed by atoms with Crippen molar-refractivity contribution in [2.24, 2.45) is 0 Å². The van der Waals surface area contributed by atoms with E-state index in [9.17, 15) is 9.59 Å². The highest BCUT2D eigenvalue weighted by Crippen LogP contribution is 2.32. The zero-order valence-corrected chi connectivity index (χ0v) is 13.4. The van der Waals surface area contributed by atoms with E-state index in [1.807, 2.05) is 41.3 Å². The minimum atomic E-state index is -0.418. The van der Waals surface area contributed by atoms with Crippen LogP contribution in [-0.4, -0.2) is 16.5 Å². The van der Waals surface area contributed by atoms with Crippen LogP contribution in [0.3, 0.4) is 0 Å². The van der Waals surface area contributed by atoms with E-state index in [2.05, 4.69) is 13.0 Å². The van der Waals surface area contributed by atoms with Crippen LogP contribution in [0.5, 0.6) is 0 Å². The molecule has 0 spiro atoms. The second-order valence-corrected chi connectivity index (χ2v) is 6.18. The molecule has 1 aromatic heterocycles. The van der Waals surface area contributed by atoms with Gasteiger partial charge in [-0.05, 0) is 37.1 Å². The SMILES string of the molecule is C[C@H]1Cc2ccccc2N1C(=O)CCn1c(=O)oc2ccccc21. The summed E-state index contributed by atoms with van der Waals surface area (Å²) < 4.78 is 6.74. The first kappa shape index (κ1) is 14.8. The van der Waals surface area contributed by atoms with Crippen molar-refractivity contribution in [3.63, 3.8) is 0 Å². The van der Waals surface area contributed by atoms with Gasteiger partial charge in [-0.2, -0.15) is 0 Å². The molecule has 4 rings (SSSR count). The van der Waals surface area contributed by atoms with Crippen molar-refractivity contribution in [3.8, 4) is 0 Å². The lowest BCUT2D eigenvalue weighted by Crippen LogP contribution is -2.36. The Morgan fingerprint density at radius 3 is 2.79 bits per heavy atom. The van der Waals surface area contributed by atoms with Gasteiger partial charge in [0.05, 0.1) is 5.52 Å². The van der Waals surface area contributed by atoms with Gasteiger partial charge in [0, 0.05) is 24.7 Å². The number of oxazole rings is 1. The quantitative estimate of drug-likeness (QED) is 0.745. The second-order valence-electron chi connectivity index (χ2n) is 6.18. The number of amides is 1. The first-order chi connectivity index (χ1) is 11.6. The number of benzene rings is 2. The summed E-state index contributed by atoms with van der Waals surface area (Å²) >= 11 is 0.